The van der Waals surface area contributed by atoms with Gasteiger partial charge in [0.1, 0.15) is 5.69 Å². The summed E-state index contributed by atoms with van der Waals surface area (Å²) < 4.78 is 1.70. The summed E-state index contributed by atoms with van der Waals surface area (Å²) >= 11 is 0. The van der Waals surface area contributed by atoms with Crippen LogP contribution in [-0.4, -0.2) is 20.1 Å². The normalized spacial score (nSPS) is 10.7. The second kappa shape index (κ2) is 5.27. The summed E-state index contributed by atoms with van der Waals surface area (Å²) in [6, 6.07) is 15.7. The lowest BCUT2D eigenvalue weighted by molar-refractivity contribution is 0.281. The number of aryl methyl sites for hydroxylation is 1. The van der Waals surface area contributed by atoms with Crippen molar-refractivity contribution in [2.75, 3.05) is 0 Å². The van der Waals surface area contributed by atoms with Gasteiger partial charge in [-0.15, -0.1) is 5.10 Å². The molecule has 100 valence electrons. The van der Waals surface area contributed by atoms with Gasteiger partial charge in [0.2, 0.25) is 0 Å². The van der Waals surface area contributed by atoms with Crippen molar-refractivity contribution in [3.8, 4) is 16.9 Å². The number of hydrogen-bond donors (Lipinski definition) is 1. The summed E-state index contributed by atoms with van der Waals surface area (Å²) in [4.78, 5) is 0. The van der Waals surface area contributed by atoms with Crippen molar-refractivity contribution in [2.45, 2.75) is 13.5 Å². The molecular weight excluding hydrogens is 250 g/mol. The Hall–Kier alpha value is -2.46. The van der Waals surface area contributed by atoms with Gasteiger partial charge in [-0.3, -0.25) is 0 Å². The minimum atomic E-state index is -0.0181. The molecule has 2 aromatic carbocycles. The minimum Gasteiger partial charge on any atom is -0.392 e. The van der Waals surface area contributed by atoms with Gasteiger partial charge in [0, 0.05) is 11.1 Å². The van der Waals surface area contributed by atoms with Crippen LogP contribution in [0.3, 0.4) is 0 Å². The molecule has 0 saturated carbocycles. The zero-order valence-electron chi connectivity index (χ0n) is 11.2. The third-order valence-corrected chi connectivity index (χ3v) is 3.32. The Bertz CT molecular complexity index is 734. The molecule has 0 amide bonds. The van der Waals surface area contributed by atoms with Gasteiger partial charge < -0.3 is 5.11 Å². The van der Waals surface area contributed by atoms with Crippen LogP contribution in [0.2, 0.25) is 0 Å². The van der Waals surface area contributed by atoms with Crippen LogP contribution in [0, 0.1) is 6.92 Å². The molecule has 1 aromatic heterocycles. The first-order valence-corrected chi connectivity index (χ1v) is 6.47. The van der Waals surface area contributed by atoms with Gasteiger partial charge >= 0.3 is 0 Å². The van der Waals surface area contributed by atoms with Crippen molar-refractivity contribution in [1.29, 1.82) is 0 Å². The number of aliphatic hydroxyl groups excluding tert-OH is 1. The maximum atomic E-state index is 9.39. The van der Waals surface area contributed by atoms with Crippen LogP contribution in [-0.2, 0) is 6.61 Å². The number of benzene rings is 2. The lowest BCUT2D eigenvalue weighted by Gasteiger charge is -2.05. The number of aromatic nitrogens is 3. The van der Waals surface area contributed by atoms with Crippen molar-refractivity contribution in [3.63, 3.8) is 0 Å². The molecule has 0 radical (unpaired) electrons. The molecule has 0 aliphatic rings. The zero-order chi connectivity index (χ0) is 13.9. The molecule has 0 unspecified atom stereocenters. The van der Waals surface area contributed by atoms with Gasteiger partial charge in [0.25, 0.3) is 0 Å². The Labute approximate surface area is 117 Å². The number of para-hydroxylation sites is 1. The average Bonchev–Trinajstić information content (AvgIpc) is 2.97. The second-order valence-electron chi connectivity index (χ2n) is 4.65. The Morgan fingerprint density at radius 2 is 1.80 bits per heavy atom. The Morgan fingerprint density at radius 3 is 2.60 bits per heavy atom. The van der Waals surface area contributed by atoms with E-state index in [0.717, 1.165) is 28.1 Å². The van der Waals surface area contributed by atoms with Crippen molar-refractivity contribution < 1.29 is 5.11 Å². The lowest BCUT2D eigenvalue weighted by Crippen LogP contribution is -2.00. The van der Waals surface area contributed by atoms with Crippen LogP contribution in [0.4, 0.5) is 0 Å². The zero-order valence-corrected chi connectivity index (χ0v) is 11.2. The van der Waals surface area contributed by atoms with Crippen molar-refractivity contribution >= 4 is 0 Å². The van der Waals surface area contributed by atoms with Gasteiger partial charge in [-0.1, -0.05) is 47.7 Å². The monoisotopic (exact) mass is 265 g/mol. The van der Waals surface area contributed by atoms with Gasteiger partial charge in [-0.25, -0.2) is 4.68 Å². The molecule has 20 heavy (non-hydrogen) atoms. The summed E-state index contributed by atoms with van der Waals surface area (Å²) in [5.74, 6) is 0. The van der Waals surface area contributed by atoms with Crippen LogP contribution in [0.5, 0.6) is 0 Å². The fraction of sp³-hybridized carbons (Fsp3) is 0.125. The number of aliphatic hydroxyl groups is 1. The van der Waals surface area contributed by atoms with Crippen LogP contribution in [0.1, 0.15) is 11.1 Å². The Morgan fingerprint density at radius 1 is 1.05 bits per heavy atom. The van der Waals surface area contributed by atoms with E-state index in [2.05, 4.69) is 23.3 Å². The second-order valence-corrected chi connectivity index (χ2v) is 4.65. The molecule has 1 heterocycles. The quantitative estimate of drug-likeness (QED) is 0.792. The maximum absolute atomic E-state index is 9.39. The molecule has 4 heteroatoms. The lowest BCUT2D eigenvalue weighted by atomic mass is 10.1. The fourth-order valence-electron chi connectivity index (χ4n) is 2.23. The first-order valence-electron chi connectivity index (χ1n) is 6.47. The molecule has 0 aliphatic heterocycles. The summed E-state index contributed by atoms with van der Waals surface area (Å²) in [5, 5.41) is 17.8. The SMILES string of the molecule is Cc1ccccc1-c1cn(-c2ccccc2CO)nn1. The van der Waals surface area contributed by atoms with E-state index in [0.29, 0.717) is 0 Å². The van der Waals surface area contributed by atoms with Crippen LogP contribution >= 0.6 is 0 Å². The van der Waals surface area contributed by atoms with E-state index in [4.69, 9.17) is 0 Å². The first-order chi connectivity index (χ1) is 9.79. The van der Waals surface area contributed by atoms with E-state index < -0.39 is 0 Å². The van der Waals surface area contributed by atoms with E-state index in [-0.39, 0.29) is 6.61 Å². The van der Waals surface area contributed by atoms with E-state index in [9.17, 15) is 5.11 Å². The van der Waals surface area contributed by atoms with Crippen molar-refractivity contribution in [1.82, 2.24) is 15.0 Å². The van der Waals surface area contributed by atoms with Gasteiger partial charge in [0.05, 0.1) is 18.5 Å². The smallest absolute Gasteiger partial charge is 0.113 e. The Balaban J connectivity index is 2.05. The van der Waals surface area contributed by atoms with Gasteiger partial charge in [-0.05, 0) is 18.6 Å². The summed E-state index contributed by atoms with van der Waals surface area (Å²) in [5.41, 5.74) is 4.74. The van der Waals surface area contributed by atoms with E-state index in [1.165, 1.54) is 0 Å². The third kappa shape index (κ3) is 2.21. The predicted molar refractivity (Wildman–Crippen MR) is 77.5 cm³/mol. The van der Waals surface area contributed by atoms with Crippen molar-refractivity contribution in [2.24, 2.45) is 0 Å². The molecule has 1 N–H and O–H groups in total. The highest BCUT2D eigenvalue weighted by Crippen LogP contribution is 2.22. The van der Waals surface area contributed by atoms with E-state index in [1.807, 2.05) is 48.7 Å². The van der Waals surface area contributed by atoms with Crippen LogP contribution < -0.4 is 0 Å². The maximum Gasteiger partial charge on any atom is 0.113 e. The predicted octanol–water partition coefficient (Wildman–Crippen LogP) is 2.74. The number of hydrogen-bond acceptors (Lipinski definition) is 3. The van der Waals surface area contributed by atoms with E-state index >= 15 is 0 Å². The fourth-order valence-corrected chi connectivity index (χ4v) is 2.23. The highest BCUT2D eigenvalue weighted by Gasteiger charge is 2.09. The van der Waals surface area contributed by atoms with Crippen LogP contribution in [0.25, 0.3) is 16.9 Å². The molecule has 0 spiro atoms. The molecule has 0 atom stereocenters. The standard InChI is InChI=1S/C16H15N3O/c1-12-6-2-4-8-14(12)15-10-19(18-17-15)16-9-5-3-7-13(16)11-20/h2-10,20H,11H2,1H3. The first kappa shape index (κ1) is 12.6. The molecule has 4 nitrogen and oxygen atoms in total. The van der Waals surface area contributed by atoms with E-state index in [1.54, 1.807) is 4.68 Å². The molecule has 0 aliphatic carbocycles. The third-order valence-electron chi connectivity index (χ3n) is 3.32. The highest BCUT2D eigenvalue weighted by atomic mass is 16.3. The van der Waals surface area contributed by atoms with Gasteiger partial charge in [-0.2, -0.15) is 0 Å². The molecule has 0 bridgehead atoms. The van der Waals surface area contributed by atoms with Crippen molar-refractivity contribution in [3.05, 3.63) is 65.9 Å². The molecule has 3 aromatic rings. The molecule has 0 saturated heterocycles. The molecule has 3 rings (SSSR count). The molecule has 0 fully saturated rings. The largest absolute Gasteiger partial charge is 0.392 e. The number of nitrogens with zero attached hydrogens (tertiary/aromatic N) is 3. The Kier molecular flexibility index (Phi) is 3.31. The number of rotatable bonds is 3. The summed E-state index contributed by atoms with van der Waals surface area (Å²) in [7, 11) is 0. The average molecular weight is 265 g/mol. The highest BCUT2D eigenvalue weighted by molar-refractivity contribution is 5.62. The topological polar surface area (TPSA) is 50.9 Å². The summed E-state index contributed by atoms with van der Waals surface area (Å²) in [6.07, 6.45) is 1.89. The molecular formula is C16H15N3O. The summed E-state index contributed by atoms with van der Waals surface area (Å²) in [6.45, 7) is 2.03. The van der Waals surface area contributed by atoms with Crippen LogP contribution in [0.15, 0.2) is 54.7 Å². The van der Waals surface area contributed by atoms with Gasteiger partial charge in [0.15, 0.2) is 0 Å². The minimum absolute atomic E-state index is 0.0181.